The number of ether oxygens (including phenoxy) is 3. The third-order valence-corrected chi connectivity index (χ3v) is 9.22. The molecule has 1 unspecified atom stereocenters. The number of rotatable bonds is 14. The van der Waals surface area contributed by atoms with E-state index < -0.39 is 6.17 Å². The fourth-order valence-corrected chi connectivity index (χ4v) is 5.11. The predicted octanol–water partition coefficient (Wildman–Crippen LogP) is 14.7. The van der Waals surface area contributed by atoms with Gasteiger partial charge in [-0.2, -0.15) is 0 Å². The zero-order valence-electron chi connectivity index (χ0n) is 43.4. The van der Waals surface area contributed by atoms with E-state index in [4.69, 9.17) is 14.2 Å². The van der Waals surface area contributed by atoms with Gasteiger partial charge < -0.3 is 19.5 Å². The second-order valence-corrected chi connectivity index (χ2v) is 19.6. The summed E-state index contributed by atoms with van der Waals surface area (Å²) in [6.07, 6.45) is 9.83. The van der Waals surface area contributed by atoms with E-state index in [0.29, 0.717) is 72.4 Å². The Morgan fingerprint density at radius 2 is 1.03 bits per heavy atom. The number of hydrogen-bond donors (Lipinski definition) is 1. The minimum absolute atomic E-state index is 0.148. The highest BCUT2D eigenvalue weighted by Gasteiger charge is 2.13. The Labute approximate surface area is 393 Å². The van der Waals surface area contributed by atoms with Gasteiger partial charge in [0.15, 0.2) is 0 Å². The molecule has 4 aromatic heterocycles. The molecule has 65 heavy (non-hydrogen) atoms. The first-order valence-electron chi connectivity index (χ1n) is 23.3. The number of hydrogen-bond acceptors (Lipinski definition) is 10. The van der Waals surface area contributed by atoms with Crippen LogP contribution in [-0.4, -0.2) is 56.3 Å². The smallest absolute Gasteiger partial charge is 0.232 e. The van der Waals surface area contributed by atoms with Crippen LogP contribution < -0.4 is 19.5 Å². The van der Waals surface area contributed by atoms with Crippen molar-refractivity contribution in [3.8, 4) is 17.6 Å². The first kappa shape index (κ1) is 57.8. The summed E-state index contributed by atoms with van der Waals surface area (Å²) in [5.41, 5.74) is 6.61. The van der Waals surface area contributed by atoms with E-state index in [1.54, 1.807) is 38.8 Å². The number of benzene rings is 1. The summed E-state index contributed by atoms with van der Waals surface area (Å²) in [6.45, 7) is 39.0. The van der Waals surface area contributed by atoms with Crippen molar-refractivity contribution in [2.45, 2.75) is 166 Å². The Bertz CT molecular complexity index is 1970. The second kappa shape index (κ2) is 30.1. The van der Waals surface area contributed by atoms with E-state index in [1.807, 2.05) is 54.9 Å². The number of methoxy groups -OCH3 is 1. The maximum Gasteiger partial charge on any atom is 0.232 e. The van der Waals surface area contributed by atoms with Gasteiger partial charge in [0.2, 0.25) is 17.6 Å². The quantitative estimate of drug-likeness (QED) is 0.115. The maximum absolute atomic E-state index is 12.9. The highest BCUT2D eigenvalue weighted by atomic mass is 19.1. The molecule has 0 bridgehead atoms. The van der Waals surface area contributed by atoms with Crippen molar-refractivity contribution in [2.24, 2.45) is 11.3 Å². The molecule has 4 heterocycles. The number of anilines is 1. The molecule has 11 heteroatoms. The third-order valence-electron chi connectivity index (χ3n) is 9.22. The average Bonchev–Trinajstić information content (AvgIpc) is 3.26. The molecule has 5 rings (SSSR count). The Hall–Kier alpha value is -5.19. The molecular formula is C54H84FN7O3. The van der Waals surface area contributed by atoms with Crippen LogP contribution in [0.15, 0.2) is 85.7 Å². The molecule has 0 fully saturated rings. The maximum atomic E-state index is 12.9. The molecule has 0 amide bonds. The van der Waals surface area contributed by atoms with Crippen LogP contribution in [0.3, 0.4) is 0 Å². The summed E-state index contributed by atoms with van der Waals surface area (Å²) >= 11 is 0. The molecule has 0 saturated heterocycles. The molecule has 5 aromatic rings. The Balaban J connectivity index is 0.000000408. The largest absolute Gasteiger partial charge is 0.481 e. The zero-order chi connectivity index (χ0) is 49.3. The van der Waals surface area contributed by atoms with E-state index >= 15 is 0 Å². The highest BCUT2D eigenvalue weighted by Crippen LogP contribution is 2.22. The van der Waals surface area contributed by atoms with E-state index in [-0.39, 0.29) is 5.41 Å². The molecule has 1 atom stereocenters. The lowest BCUT2D eigenvalue weighted by atomic mass is 9.99. The van der Waals surface area contributed by atoms with Crippen molar-refractivity contribution < 1.29 is 18.6 Å². The topological polar surface area (TPSA) is 117 Å². The molecule has 1 N–H and O–H groups in total. The Kier molecular flexibility index (Phi) is 26.8. The van der Waals surface area contributed by atoms with E-state index in [9.17, 15) is 4.39 Å². The zero-order valence-corrected chi connectivity index (χ0v) is 43.4. The van der Waals surface area contributed by atoms with Crippen LogP contribution in [0, 0.1) is 11.3 Å². The first-order chi connectivity index (χ1) is 30.4. The summed E-state index contributed by atoms with van der Waals surface area (Å²) in [5.74, 6) is 5.74. The summed E-state index contributed by atoms with van der Waals surface area (Å²) in [5, 5.41) is 3.26. The van der Waals surface area contributed by atoms with Gasteiger partial charge in [-0.1, -0.05) is 140 Å². The SMILES string of the molecule is CC(C)COc1cncc(C(C)C)n1.CC(C)Nc1ccc(C(C)C)cn1.CC(C)c1cccc(C(C)F)c1.CC(C)c1cncc(OCC(C)(C)C)n1.COc1ccc(C(C)C)cn1. The van der Waals surface area contributed by atoms with Crippen LogP contribution >= 0.6 is 0 Å². The highest BCUT2D eigenvalue weighted by molar-refractivity contribution is 5.36. The van der Waals surface area contributed by atoms with Gasteiger partial charge in [0.1, 0.15) is 12.0 Å². The molecule has 10 nitrogen and oxygen atoms in total. The third kappa shape index (κ3) is 25.8. The van der Waals surface area contributed by atoms with E-state index in [1.165, 1.54) is 16.7 Å². The number of nitrogens with zero attached hydrogens (tertiary/aromatic N) is 6. The van der Waals surface area contributed by atoms with E-state index in [2.05, 4.69) is 159 Å². The number of halogens is 1. The minimum atomic E-state index is -0.858. The molecule has 360 valence electrons. The number of pyridine rings is 2. The van der Waals surface area contributed by atoms with Crippen molar-refractivity contribution >= 4 is 5.82 Å². The fourth-order valence-electron chi connectivity index (χ4n) is 5.11. The van der Waals surface area contributed by atoms with Gasteiger partial charge >= 0.3 is 0 Å². The molecule has 0 radical (unpaired) electrons. The Morgan fingerprint density at radius 1 is 0.538 bits per heavy atom. The van der Waals surface area contributed by atoms with Gasteiger partial charge in [0, 0.05) is 36.9 Å². The van der Waals surface area contributed by atoms with E-state index in [0.717, 1.165) is 22.8 Å². The molecule has 0 spiro atoms. The number of nitrogens with one attached hydrogen (secondary N) is 1. The molecule has 0 aliphatic rings. The lowest BCUT2D eigenvalue weighted by Gasteiger charge is -2.18. The number of aromatic nitrogens is 6. The van der Waals surface area contributed by atoms with Gasteiger partial charge in [0.05, 0.1) is 44.1 Å². The van der Waals surface area contributed by atoms with Crippen molar-refractivity contribution in [1.29, 1.82) is 0 Å². The van der Waals surface area contributed by atoms with Gasteiger partial charge in [-0.05, 0) is 90.0 Å². The van der Waals surface area contributed by atoms with Gasteiger partial charge in [-0.3, -0.25) is 9.97 Å². The molecule has 1 aromatic carbocycles. The van der Waals surface area contributed by atoms with Crippen molar-refractivity contribution in [3.63, 3.8) is 0 Å². The van der Waals surface area contributed by atoms with Crippen molar-refractivity contribution in [3.05, 3.63) is 119 Å². The van der Waals surface area contributed by atoms with Crippen LogP contribution in [0.25, 0.3) is 0 Å². The minimum Gasteiger partial charge on any atom is -0.481 e. The molecule has 0 aliphatic heterocycles. The summed E-state index contributed by atoms with van der Waals surface area (Å²) in [4.78, 5) is 25.4. The second-order valence-electron chi connectivity index (χ2n) is 19.6. The monoisotopic (exact) mass is 898 g/mol. The fraction of sp³-hybridized carbons (Fsp3) is 0.556. The summed E-state index contributed by atoms with van der Waals surface area (Å²) in [6, 6.07) is 16.3. The first-order valence-corrected chi connectivity index (χ1v) is 23.3. The van der Waals surface area contributed by atoms with Crippen LogP contribution in [-0.2, 0) is 0 Å². The van der Waals surface area contributed by atoms with Gasteiger partial charge in [0.25, 0.3) is 0 Å². The molecular weight excluding hydrogens is 814 g/mol. The molecule has 0 aliphatic carbocycles. The van der Waals surface area contributed by atoms with Crippen molar-refractivity contribution in [1.82, 2.24) is 29.9 Å². The average molecular weight is 898 g/mol. The lowest BCUT2D eigenvalue weighted by Crippen LogP contribution is -2.17. The van der Waals surface area contributed by atoms with Gasteiger partial charge in [-0.15, -0.1) is 0 Å². The normalized spacial score (nSPS) is 11.5. The summed E-state index contributed by atoms with van der Waals surface area (Å²) < 4.78 is 28.9. The lowest BCUT2D eigenvalue weighted by molar-refractivity contribution is 0.190. The molecule has 0 saturated carbocycles. The Morgan fingerprint density at radius 3 is 1.42 bits per heavy atom. The van der Waals surface area contributed by atoms with Crippen LogP contribution in [0.1, 0.15) is 194 Å². The summed E-state index contributed by atoms with van der Waals surface area (Å²) in [7, 11) is 1.62. The number of alkyl halides is 1. The van der Waals surface area contributed by atoms with Crippen LogP contribution in [0.5, 0.6) is 17.6 Å². The predicted molar refractivity (Wildman–Crippen MR) is 270 cm³/mol. The van der Waals surface area contributed by atoms with Gasteiger partial charge in [-0.25, -0.2) is 24.3 Å². The van der Waals surface area contributed by atoms with Crippen molar-refractivity contribution in [2.75, 3.05) is 25.6 Å². The standard InChI is InChI=1S/C12H20N2O.C11H15F.C11H18N2O.C11H18N2.C9H13NO/c1-9(2)10-6-13-7-11(14-10)15-8-12(3,4)5;1-8(2)10-5-4-6-11(7-10)9(3)12;1-8(2)7-14-11-6-12-5-10(13-11)9(3)4;1-8(2)10-5-6-11(12-7-10)13-9(3)4;1-7(2)8-4-5-9(11-3)10-6-8/h6-7,9H,8H2,1-5H3;4-9H,1-3H3;5-6,8-9H,7H2,1-4H3;5-9H,1-4H3,(H,12,13);4-7H,1-3H3. The van der Waals surface area contributed by atoms with Crippen LogP contribution in [0.4, 0.5) is 10.2 Å². The van der Waals surface area contributed by atoms with Crippen LogP contribution in [0.2, 0.25) is 0 Å².